The van der Waals surface area contributed by atoms with Gasteiger partial charge in [-0.1, -0.05) is 33.6 Å². The van der Waals surface area contributed by atoms with Crippen LogP contribution in [0.3, 0.4) is 0 Å². The molecule has 0 heterocycles. The summed E-state index contributed by atoms with van der Waals surface area (Å²) in [6.45, 7) is 8.12. The van der Waals surface area contributed by atoms with E-state index in [0.29, 0.717) is 31.2 Å². The van der Waals surface area contributed by atoms with Crippen molar-refractivity contribution >= 4 is 0 Å². The number of hydrogen-bond acceptors (Lipinski definition) is 3. The first-order chi connectivity index (χ1) is 10.1. The molecule has 2 rings (SSSR count). The highest BCUT2D eigenvalue weighted by molar-refractivity contribution is 4.82. The minimum atomic E-state index is -0.370. The van der Waals surface area contributed by atoms with Crippen LogP contribution < -0.4 is 5.32 Å². The predicted molar refractivity (Wildman–Crippen MR) is 87.3 cm³/mol. The standard InChI is InChI=1S/C18H35NO2/c1-13-8-9-17(15(3)10-13)19-11-16(20)12-21-18-7-5-4-6-14(18)2/h13-20H,4-12H2,1-3H3. The van der Waals surface area contributed by atoms with Crippen molar-refractivity contribution in [2.24, 2.45) is 17.8 Å². The molecule has 0 aromatic heterocycles. The van der Waals surface area contributed by atoms with Crippen LogP contribution in [0.4, 0.5) is 0 Å². The SMILES string of the molecule is CC1CCC(NCC(O)COC2CCCCC2C)C(C)C1. The first-order valence-corrected chi connectivity index (χ1v) is 9.09. The molecule has 0 radical (unpaired) electrons. The number of hydrogen-bond donors (Lipinski definition) is 2. The van der Waals surface area contributed by atoms with Gasteiger partial charge in [0.1, 0.15) is 0 Å². The van der Waals surface area contributed by atoms with Gasteiger partial charge in [-0.05, 0) is 49.9 Å². The quantitative estimate of drug-likeness (QED) is 0.790. The second-order valence-corrected chi connectivity index (χ2v) is 7.70. The Bertz CT molecular complexity index is 297. The number of rotatable bonds is 6. The molecule has 0 bridgehead atoms. The molecule has 0 saturated heterocycles. The summed E-state index contributed by atoms with van der Waals surface area (Å²) in [6, 6.07) is 0.574. The smallest absolute Gasteiger partial charge is 0.0897 e. The molecule has 0 spiro atoms. The Balaban J connectivity index is 1.62. The minimum Gasteiger partial charge on any atom is -0.389 e. The molecule has 124 valence electrons. The van der Waals surface area contributed by atoms with Crippen LogP contribution in [0.1, 0.15) is 65.7 Å². The van der Waals surface area contributed by atoms with Crippen molar-refractivity contribution in [2.75, 3.05) is 13.2 Å². The molecule has 2 aliphatic rings. The van der Waals surface area contributed by atoms with Crippen molar-refractivity contribution in [3.05, 3.63) is 0 Å². The number of nitrogens with one attached hydrogen (secondary N) is 1. The summed E-state index contributed by atoms with van der Waals surface area (Å²) in [5.41, 5.74) is 0. The van der Waals surface area contributed by atoms with E-state index in [4.69, 9.17) is 4.74 Å². The van der Waals surface area contributed by atoms with Gasteiger partial charge in [0.15, 0.2) is 0 Å². The third-order valence-corrected chi connectivity index (χ3v) is 5.58. The molecular formula is C18H35NO2. The summed E-state index contributed by atoms with van der Waals surface area (Å²) in [5, 5.41) is 13.7. The van der Waals surface area contributed by atoms with E-state index < -0.39 is 0 Å². The van der Waals surface area contributed by atoms with E-state index in [9.17, 15) is 5.11 Å². The van der Waals surface area contributed by atoms with E-state index in [1.54, 1.807) is 0 Å². The van der Waals surface area contributed by atoms with E-state index >= 15 is 0 Å². The zero-order valence-electron chi connectivity index (χ0n) is 14.2. The highest BCUT2D eigenvalue weighted by Gasteiger charge is 2.26. The van der Waals surface area contributed by atoms with E-state index in [1.807, 2.05) is 0 Å². The molecule has 2 fully saturated rings. The third-order valence-electron chi connectivity index (χ3n) is 5.58. The largest absolute Gasteiger partial charge is 0.389 e. The summed E-state index contributed by atoms with van der Waals surface area (Å²) in [6.07, 6.45) is 8.92. The average molecular weight is 297 g/mol. The molecule has 3 heteroatoms. The molecule has 0 aromatic carbocycles. The van der Waals surface area contributed by atoms with Gasteiger partial charge in [0, 0.05) is 12.6 Å². The van der Waals surface area contributed by atoms with Gasteiger partial charge in [0.2, 0.25) is 0 Å². The van der Waals surface area contributed by atoms with Crippen molar-refractivity contribution in [1.82, 2.24) is 5.32 Å². The van der Waals surface area contributed by atoms with E-state index in [2.05, 4.69) is 26.1 Å². The molecule has 0 amide bonds. The summed E-state index contributed by atoms with van der Waals surface area (Å²) < 4.78 is 5.95. The van der Waals surface area contributed by atoms with Crippen LogP contribution in [0.25, 0.3) is 0 Å². The summed E-state index contributed by atoms with van der Waals surface area (Å²) in [7, 11) is 0. The Kier molecular flexibility index (Phi) is 6.97. The Morgan fingerprint density at radius 1 is 1.05 bits per heavy atom. The lowest BCUT2D eigenvalue weighted by atomic mass is 9.80. The topological polar surface area (TPSA) is 41.5 Å². The van der Waals surface area contributed by atoms with Crippen LogP contribution in [-0.2, 0) is 4.74 Å². The van der Waals surface area contributed by atoms with Crippen LogP contribution in [-0.4, -0.2) is 36.5 Å². The fourth-order valence-corrected chi connectivity index (χ4v) is 4.08. The van der Waals surface area contributed by atoms with Gasteiger partial charge >= 0.3 is 0 Å². The maximum atomic E-state index is 10.1. The lowest BCUT2D eigenvalue weighted by Crippen LogP contribution is -2.44. The lowest BCUT2D eigenvalue weighted by Gasteiger charge is -2.34. The molecule has 3 nitrogen and oxygen atoms in total. The Labute approximate surface area is 130 Å². The minimum absolute atomic E-state index is 0.364. The van der Waals surface area contributed by atoms with Crippen LogP contribution in [0.15, 0.2) is 0 Å². The molecule has 2 saturated carbocycles. The van der Waals surface area contributed by atoms with Gasteiger partial charge in [-0.3, -0.25) is 0 Å². The summed E-state index contributed by atoms with van der Waals surface area (Å²) >= 11 is 0. The van der Waals surface area contributed by atoms with Crippen LogP contribution >= 0.6 is 0 Å². The van der Waals surface area contributed by atoms with Gasteiger partial charge in [-0.2, -0.15) is 0 Å². The molecule has 6 unspecified atom stereocenters. The number of aliphatic hydroxyl groups excluding tert-OH is 1. The summed E-state index contributed by atoms with van der Waals surface area (Å²) in [4.78, 5) is 0. The molecule has 2 aliphatic carbocycles. The highest BCUT2D eigenvalue weighted by Crippen LogP contribution is 2.29. The second-order valence-electron chi connectivity index (χ2n) is 7.70. The maximum absolute atomic E-state index is 10.1. The lowest BCUT2D eigenvalue weighted by molar-refractivity contribution is -0.0462. The monoisotopic (exact) mass is 297 g/mol. The first kappa shape index (κ1) is 17.2. The fraction of sp³-hybridized carbons (Fsp3) is 1.00. The molecule has 0 aromatic rings. The van der Waals surface area contributed by atoms with Crippen LogP contribution in [0.2, 0.25) is 0 Å². The Morgan fingerprint density at radius 3 is 2.52 bits per heavy atom. The zero-order valence-corrected chi connectivity index (χ0v) is 14.2. The van der Waals surface area contributed by atoms with Crippen LogP contribution in [0.5, 0.6) is 0 Å². The van der Waals surface area contributed by atoms with Gasteiger partial charge in [0.05, 0.1) is 18.8 Å². The first-order valence-electron chi connectivity index (χ1n) is 9.09. The Hall–Kier alpha value is -0.120. The fourth-order valence-electron chi connectivity index (χ4n) is 4.08. The molecule has 6 atom stereocenters. The molecule has 21 heavy (non-hydrogen) atoms. The van der Waals surface area contributed by atoms with Crippen molar-refractivity contribution < 1.29 is 9.84 Å². The van der Waals surface area contributed by atoms with Crippen molar-refractivity contribution in [2.45, 2.75) is 84.0 Å². The third kappa shape index (κ3) is 5.54. The van der Waals surface area contributed by atoms with Crippen molar-refractivity contribution in [3.8, 4) is 0 Å². The van der Waals surface area contributed by atoms with Crippen molar-refractivity contribution in [1.29, 1.82) is 0 Å². The normalized spacial score (nSPS) is 39.1. The zero-order chi connectivity index (χ0) is 15.2. The molecule has 0 aliphatic heterocycles. The summed E-state index contributed by atoms with van der Waals surface area (Å²) in [5.74, 6) is 2.23. The number of ether oxygens (including phenoxy) is 1. The predicted octanol–water partition coefficient (Wildman–Crippen LogP) is 3.36. The average Bonchev–Trinajstić information content (AvgIpc) is 2.45. The van der Waals surface area contributed by atoms with E-state index in [0.717, 1.165) is 11.8 Å². The van der Waals surface area contributed by atoms with E-state index in [1.165, 1.54) is 44.9 Å². The van der Waals surface area contributed by atoms with Gasteiger partial charge in [0.25, 0.3) is 0 Å². The number of aliphatic hydroxyl groups is 1. The van der Waals surface area contributed by atoms with Gasteiger partial charge in [-0.15, -0.1) is 0 Å². The molecular weight excluding hydrogens is 262 g/mol. The van der Waals surface area contributed by atoms with Gasteiger partial charge in [-0.25, -0.2) is 0 Å². The Morgan fingerprint density at radius 2 is 1.81 bits per heavy atom. The van der Waals surface area contributed by atoms with Gasteiger partial charge < -0.3 is 15.2 Å². The van der Waals surface area contributed by atoms with Crippen molar-refractivity contribution in [3.63, 3.8) is 0 Å². The second kappa shape index (κ2) is 8.50. The maximum Gasteiger partial charge on any atom is 0.0897 e. The highest BCUT2D eigenvalue weighted by atomic mass is 16.5. The van der Waals surface area contributed by atoms with E-state index in [-0.39, 0.29) is 6.10 Å². The van der Waals surface area contributed by atoms with Crippen LogP contribution in [0, 0.1) is 17.8 Å². The molecule has 2 N–H and O–H groups in total.